The summed E-state index contributed by atoms with van der Waals surface area (Å²) in [5.74, 6) is -0.398. The molecule has 0 fully saturated rings. The highest BCUT2D eigenvalue weighted by Gasteiger charge is 2.54. The molecule has 8 aromatic carbocycles. The minimum Gasteiger partial charge on any atom is -0.289 e. The number of carbonyl (C=O) groups is 2. The van der Waals surface area contributed by atoms with Gasteiger partial charge in [-0.05, 0) is 161 Å². The SMILES string of the molecule is Cc1ccc(C2(c3ccc(C)cc3)c3cc4c(cc3-c3sc5cc(-c6ccc(/C=C7\C(=O)c8ccccc8C7=C(C#N)C#N)s6)ccc5c32)C(c2ccc(C)cc2)(c2ccc(C)cc2)c2c-4sc3cc(-c4ccc(/C=C5\C(=O)c6ccccc6C5=C(C#N)C#N)s4)sc23)cc1. The summed E-state index contributed by atoms with van der Waals surface area (Å²) in [5, 5.41) is 41.5. The number of ketones is 2. The molecule has 4 aliphatic rings. The summed E-state index contributed by atoms with van der Waals surface area (Å²) in [6.07, 6.45) is 3.68. The Labute approximate surface area is 568 Å². The third-order valence-corrected chi connectivity index (χ3v) is 25.4. The van der Waals surface area contributed by atoms with E-state index in [0.717, 1.165) is 34.6 Å². The quantitative estimate of drug-likeness (QED) is 0.110. The van der Waals surface area contributed by atoms with E-state index < -0.39 is 10.8 Å². The van der Waals surface area contributed by atoms with E-state index in [1.807, 2.05) is 94.7 Å². The van der Waals surface area contributed by atoms with Crippen LogP contribution in [0.2, 0.25) is 0 Å². The number of rotatable bonds is 8. The molecule has 0 saturated carbocycles. The number of benzene rings is 8. The molecule has 95 heavy (non-hydrogen) atoms. The van der Waals surface area contributed by atoms with E-state index in [4.69, 9.17) is 0 Å². The fourth-order valence-electron chi connectivity index (χ4n) is 15.1. The average Bonchev–Trinajstić information content (AvgIpc) is 1.48. The van der Waals surface area contributed by atoms with Crippen molar-refractivity contribution in [1.82, 2.24) is 0 Å². The van der Waals surface area contributed by atoms with Gasteiger partial charge < -0.3 is 0 Å². The molecule has 0 spiro atoms. The van der Waals surface area contributed by atoms with Crippen LogP contribution in [0.15, 0.2) is 229 Å². The Kier molecular flexibility index (Phi) is 13.3. The van der Waals surface area contributed by atoms with E-state index >= 15 is 0 Å². The van der Waals surface area contributed by atoms with Crippen LogP contribution in [0.25, 0.3) is 83.9 Å². The molecule has 13 aromatic rings. The Hall–Kier alpha value is -11.0. The molecule has 0 amide bonds. The van der Waals surface area contributed by atoms with E-state index in [1.54, 1.807) is 46.9 Å². The zero-order valence-corrected chi connectivity index (χ0v) is 55.5. The summed E-state index contributed by atoms with van der Waals surface area (Å²) in [6, 6.07) is 82.0. The van der Waals surface area contributed by atoms with Crippen molar-refractivity contribution < 1.29 is 9.59 Å². The maximum absolute atomic E-state index is 14.0. The lowest BCUT2D eigenvalue weighted by Crippen LogP contribution is -2.30. The molecule has 446 valence electrons. The summed E-state index contributed by atoms with van der Waals surface area (Å²) in [4.78, 5) is 35.4. The fraction of sp³-hybridized carbons (Fsp3) is 0.0714. The number of allylic oxidation sites excluding steroid dienone is 6. The summed E-state index contributed by atoms with van der Waals surface area (Å²) in [5.41, 5.74) is 19.9. The number of thiophene rings is 5. The maximum Gasteiger partial charge on any atom is 0.194 e. The molecule has 0 unspecified atom stereocenters. The van der Waals surface area contributed by atoms with Gasteiger partial charge >= 0.3 is 0 Å². The van der Waals surface area contributed by atoms with Gasteiger partial charge in [-0.2, -0.15) is 21.0 Å². The van der Waals surface area contributed by atoms with Gasteiger partial charge in [0.05, 0.1) is 15.5 Å². The van der Waals surface area contributed by atoms with Crippen LogP contribution in [0.5, 0.6) is 0 Å². The molecular weight excluding hydrogens is 1260 g/mol. The highest BCUT2D eigenvalue weighted by molar-refractivity contribution is 7.33. The van der Waals surface area contributed by atoms with Gasteiger partial charge in [-0.25, -0.2) is 0 Å². The van der Waals surface area contributed by atoms with Crippen LogP contribution >= 0.6 is 56.7 Å². The summed E-state index contributed by atoms with van der Waals surface area (Å²) in [7, 11) is 0. The summed E-state index contributed by atoms with van der Waals surface area (Å²) in [6.45, 7) is 8.62. The molecule has 5 heterocycles. The Morgan fingerprint density at radius 2 is 0.789 bits per heavy atom. The lowest BCUT2D eigenvalue weighted by atomic mass is 9.65. The largest absolute Gasteiger partial charge is 0.289 e. The summed E-state index contributed by atoms with van der Waals surface area (Å²) >= 11 is 8.70. The maximum atomic E-state index is 14.0. The highest BCUT2D eigenvalue weighted by Crippen LogP contribution is 2.68. The fourth-order valence-corrected chi connectivity index (χ4v) is 21.2. The molecule has 5 aromatic heterocycles. The van der Waals surface area contributed by atoms with Crippen LogP contribution in [0, 0.1) is 73.0 Å². The second-order valence-corrected chi connectivity index (χ2v) is 30.1. The van der Waals surface area contributed by atoms with Crippen molar-refractivity contribution in [2.45, 2.75) is 38.5 Å². The van der Waals surface area contributed by atoms with E-state index in [-0.39, 0.29) is 22.7 Å². The number of nitrogens with zero attached hydrogens (tertiary/aromatic N) is 4. The standard InChI is InChI=1S/C84H48N4O2S5/c1-45-13-22-52(23-14-45)83(53-24-15-46(2)16-25-53)67-39-64-68(38-63(67)80-76(83)62-32-21-49(35-71(62)93-80)69-33-30-56(91-69)36-65-74(50(41-85)42-86)58-9-5-7-11-60(58)78(65)89)84(54-26-17-47(3)18-27-54,55-28-19-48(4)20-29-55)77-81(64)95-73-40-72(94-82(73)77)70-34-31-57(92-70)37-66-75(51(43-87)44-88)59-10-6-8-12-61(59)79(66)90/h5-40H,1-4H3/b65-36-,66-37-. The molecular formula is C84H48N4O2S5. The van der Waals surface area contributed by atoms with Crippen LogP contribution in [-0.2, 0) is 10.8 Å². The minimum atomic E-state index is -0.755. The number of hydrogen-bond acceptors (Lipinski definition) is 11. The van der Waals surface area contributed by atoms with Gasteiger partial charge in [0.1, 0.15) is 35.4 Å². The first-order valence-electron chi connectivity index (χ1n) is 31.0. The first-order chi connectivity index (χ1) is 46.3. The third kappa shape index (κ3) is 8.45. The second kappa shape index (κ2) is 21.8. The molecule has 6 nitrogen and oxygen atoms in total. The zero-order chi connectivity index (χ0) is 64.8. The van der Waals surface area contributed by atoms with Crippen molar-refractivity contribution in [2.24, 2.45) is 0 Å². The van der Waals surface area contributed by atoms with Crippen LogP contribution < -0.4 is 0 Å². The number of hydrogen-bond donors (Lipinski definition) is 0. The molecule has 0 atom stereocenters. The summed E-state index contributed by atoms with van der Waals surface area (Å²) < 4.78 is 3.58. The highest BCUT2D eigenvalue weighted by atomic mass is 32.1. The van der Waals surface area contributed by atoms with Crippen LogP contribution in [0.1, 0.15) is 108 Å². The Bertz CT molecular complexity index is 5780. The predicted octanol–water partition coefficient (Wildman–Crippen LogP) is 21.8. The molecule has 0 bridgehead atoms. The van der Waals surface area contributed by atoms with Crippen LogP contribution in [-0.4, -0.2) is 11.6 Å². The normalized spacial score (nSPS) is 15.1. The van der Waals surface area contributed by atoms with Gasteiger partial charge in [-0.15, -0.1) is 56.7 Å². The smallest absolute Gasteiger partial charge is 0.194 e. The van der Waals surface area contributed by atoms with Gasteiger partial charge in [-0.1, -0.05) is 180 Å². The third-order valence-electron chi connectivity index (χ3n) is 19.4. The number of carbonyl (C=O) groups excluding carboxylic acids is 2. The van der Waals surface area contributed by atoms with Gasteiger partial charge in [0.15, 0.2) is 11.6 Å². The van der Waals surface area contributed by atoms with Crippen molar-refractivity contribution >= 4 is 111 Å². The first kappa shape index (κ1) is 57.9. The van der Waals surface area contributed by atoms with Gasteiger partial charge in [-0.3, -0.25) is 9.59 Å². The van der Waals surface area contributed by atoms with Crippen molar-refractivity contribution in [3.63, 3.8) is 0 Å². The van der Waals surface area contributed by atoms with E-state index in [1.165, 1.54) is 102 Å². The van der Waals surface area contributed by atoms with Crippen molar-refractivity contribution in [3.8, 4) is 65.4 Å². The molecule has 17 rings (SSSR count). The van der Waals surface area contributed by atoms with Gasteiger partial charge in [0, 0.05) is 82.5 Å². The number of nitriles is 4. The number of Topliss-reactive ketones (excluding diaryl/α,β-unsaturated/α-hetero) is 2. The van der Waals surface area contributed by atoms with E-state index in [0.29, 0.717) is 44.5 Å². The van der Waals surface area contributed by atoms with Crippen LogP contribution in [0.4, 0.5) is 0 Å². The van der Waals surface area contributed by atoms with Gasteiger partial charge in [0.2, 0.25) is 0 Å². The van der Waals surface area contributed by atoms with Crippen LogP contribution in [0.3, 0.4) is 0 Å². The Balaban J connectivity index is 0.871. The van der Waals surface area contributed by atoms with Gasteiger partial charge in [0.25, 0.3) is 0 Å². The molecule has 4 aliphatic carbocycles. The second-order valence-electron chi connectivity index (χ2n) is 24.8. The molecule has 0 saturated heterocycles. The van der Waals surface area contributed by atoms with Crippen molar-refractivity contribution in [3.05, 3.63) is 327 Å². The zero-order valence-electron chi connectivity index (χ0n) is 51.4. The monoisotopic (exact) mass is 1300 g/mol. The van der Waals surface area contributed by atoms with Crippen molar-refractivity contribution in [2.75, 3.05) is 0 Å². The number of fused-ring (bicyclic) bond motifs is 12. The Morgan fingerprint density at radius 1 is 0.379 bits per heavy atom. The minimum absolute atomic E-state index is 0.0823. The number of aryl methyl sites for hydroxylation is 4. The molecule has 0 radical (unpaired) electrons. The lowest BCUT2D eigenvalue weighted by molar-refractivity contribution is 0.103. The van der Waals surface area contributed by atoms with E-state index in [2.05, 4.69) is 185 Å². The Morgan fingerprint density at radius 3 is 1.25 bits per heavy atom. The average molecular weight is 1310 g/mol. The lowest BCUT2D eigenvalue weighted by Gasteiger charge is -2.36. The predicted molar refractivity (Wildman–Crippen MR) is 389 cm³/mol. The van der Waals surface area contributed by atoms with Crippen molar-refractivity contribution in [1.29, 1.82) is 21.0 Å². The van der Waals surface area contributed by atoms with E-state index in [9.17, 15) is 30.6 Å². The topological polar surface area (TPSA) is 129 Å². The first-order valence-corrected chi connectivity index (χ1v) is 35.1. The molecule has 0 aliphatic heterocycles. The molecule has 11 heteroatoms. The molecule has 0 N–H and O–H groups in total.